The molecule has 0 aliphatic heterocycles. The van der Waals surface area contributed by atoms with Crippen LogP contribution in [0.3, 0.4) is 0 Å². The van der Waals surface area contributed by atoms with Gasteiger partial charge >= 0.3 is 0 Å². The molecule has 0 heterocycles. The largest absolute Gasteiger partial charge is 0.493 e. The lowest BCUT2D eigenvalue weighted by Gasteiger charge is -2.13. The standard InChI is InChI=1S/C11H14BrNO3/c1-6(13)10(14)7-4-5-8(15-2)11(16-3)9(7)12/h4-6H,13H2,1-3H3. The number of carbonyl (C=O) groups is 1. The molecule has 1 atom stereocenters. The van der Waals surface area contributed by atoms with Crippen molar-refractivity contribution in [1.82, 2.24) is 0 Å². The van der Waals surface area contributed by atoms with Gasteiger partial charge in [-0.2, -0.15) is 0 Å². The van der Waals surface area contributed by atoms with Crippen molar-refractivity contribution < 1.29 is 14.3 Å². The lowest BCUT2D eigenvalue weighted by molar-refractivity contribution is 0.0966. The molecule has 1 aromatic rings. The average molecular weight is 288 g/mol. The summed E-state index contributed by atoms with van der Waals surface area (Å²) >= 11 is 3.32. The maximum atomic E-state index is 11.8. The number of nitrogens with two attached hydrogens (primary N) is 1. The van der Waals surface area contributed by atoms with Crippen LogP contribution in [0.25, 0.3) is 0 Å². The summed E-state index contributed by atoms with van der Waals surface area (Å²) in [5.41, 5.74) is 6.05. The molecule has 5 heteroatoms. The van der Waals surface area contributed by atoms with Crippen LogP contribution in [0.15, 0.2) is 16.6 Å². The number of hydrogen-bond acceptors (Lipinski definition) is 4. The van der Waals surface area contributed by atoms with Crippen molar-refractivity contribution in [3.8, 4) is 11.5 Å². The van der Waals surface area contributed by atoms with Crippen LogP contribution in [0.4, 0.5) is 0 Å². The minimum atomic E-state index is -0.547. The zero-order chi connectivity index (χ0) is 12.3. The molecule has 0 aliphatic carbocycles. The fourth-order valence-electron chi connectivity index (χ4n) is 1.32. The van der Waals surface area contributed by atoms with Crippen LogP contribution >= 0.6 is 15.9 Å². The van der Waals surface area contributed by atoms with E-state index in [0.717, 1.165) is 0 Å². The van der Waals surface area contributed by atoms with Gasteiger partial charge in [0, 0.05) is 5.56 Å². The second-order valence-electron chi connectivity index (χ2n) is 3.32. The van der Waals surface area contributed by atoms with Gasteiger partial charge in [-0.15, -0.1) is 0 Å². The maximum absolute atomic E-state index is 11.8. The van der Waals surface area contributed by atoms with E-state index in [0.29, 0.717) is 21.5 Å². The molecule has 0 radical (unpaired) electrons. The fourth-order valence-corrected chi connectivity index (χ4v) is 2.01. The number of carbonyl (C=O) groups excluding carboxylic acids is 1. The molecule has 0 spiro atoms. The van der Waals surface area contributed by atoms with E-state index in [2.05, 4.69) is 15.9 Å². The van der Waals surface area contributed by atoms with Crippen molar-refractivity contribution in [1.29, 1.82) is 0 Å². The number of Topliss-reactive ketones (excluding diaryl/α,β-unsaturated/α-hetero) is 1. The number of hydrogen-bond donors (Lipinski definition) is 1. The van der Waals surface area contributed by atoms with E-state index in [1.807, 2.05) is 0 Å². The van der Waals surface area contributed by atoms with Crippen molar-refractivity contribution in [2.45, 2.75) is 13.0 Å². The zero-order valence-electron chi connectivity index (χ0n) is 9.41. The molecule has 0 aliphatic rings. The van der Waals surface area contributed by atoms with Crippen molar-refractivity contribution in [3.05, 3.63) is 22.2 Å². The smallest absolute Gasteiger partial charge is 0.180 e. The van der Waals surface area contributed by atoms with Gasteiger partial charge in [0.2, 0.25) is 0 Å². The first kappa shape index (κ1) is 13.0. The third kappa shape index (κ3) is 2.36. The van der Waals surface area contributed by atoms with E-state index in [9.17, 15) is 4.79 Å². The Morgan fingerprint density at radius 3 is 2.44 bits per heavy atom. The summed E-state index contributed by atoms with van der Waals surface area (Å²) in [6.45, 7) is 1.64. The van der Waals surface area contributed by atoms with E-state index >= 15 is 0 Å². The lowest BCUT2D eigenvalue weighted by atomic mass is 10.1. The Labute approximate surface area is 103 Å². The number of halogens is 1. The van der Waals surface area contributed by atoms with E-state index in [1.165, 1.54) is 14.2 Å². The van der Waals surface area contributed by atoms with Crippen LogP contribution in [-0.4, -0.2) is 26.0 Å². The zero-order valence-corrected chi connectivity index (χ0v) is 11.0. The first-order valence-corrected chi connectivity index (χ1v) is 5.52. The number of benzene rings is 1. The van der Waals surface area contributed by atoms with E-state index in [1.54, 1.807) is 19.1 Å². The molecule has 0 saturated heterocycles. The summed E-state index contributed by atoms with van der Waals surface area (Å²) in [6, 6.07) is 2.80. The minimum Gasteiger partial charge on any atom is -0.493 e. The molecular formula is C11H14BrNO3. The highest BCUT2D eigenvalue weighted by atomic mass is 79.9. The lowest BCUT2D eigenvalue weighted by Crippen LogP contribution is -2.27. The molecule has 1 aromatic carbocycles. The van der Waals surface area contributed by atoms with Gasteiger partial charge in [0.25, 0.3) is 0 Å². The third-order valence-electron chi connectivity index (χ3n) is 2.16. The van der Waals surface area contributed by atoms with Crippen LogP contribution < -0.4 is 15.2 Å². The number of ether oxygens (including phenoxy) is 2. The van der Waals surface area contributed by atoms with E-state index in [-0.39, 0.29) is 5.78 Å². The molecule has 88 valence electrons. The number of rotatable bonds is 4. The van der Waals surface area contributed by atoms with E-state index in [4.69, 9.17) is 15.2 Å². The first-order chi connectivity index (χ1) is 7.52. The highest BCUT2D eigenvalue weighted by Gasteiger charge is 2.19. The Kier molecular flexibility index (Phi) is 4.32. The van der Waals surface area contributed by atoms with Gasteiger partial charge in [-0.25, -0.2) is 0 Å². The van der Waals surface area contributed by atoms with Crippen molar-refractivity contribution in [2.24, 2.45) is 5.73 Å². The monoisotopic (exact) mass is 287 g/mol. The molecule has 0 fully saturated rings. The molecule has 2 N–H and O–H groups in total. The Morgan fingerprint density at radius 2 is 2.00 bits per heavy atom. The topological polar surface area (TPSA) is 61.5 Å². The van der Waals surface area contributed by atoms with Gasteiger partial charge in [0.1, 0.15) is 0 Å². The second-order valence-corrected chi connectivity index (χ2v) is 4.11. The van der Waals surface area contributed by atoms with Gasteiger partial charge in [-0.05, 0) is 35.0 Å². The maximum Gasteiger partial charge on any atom is 0.180 e. The highest BCUT2D eigenvalue weighted by molar-refractivity contribution is 9.10. The molecule has 4 nitrogen and oxygen atoms in total. The third-order valence-corrected chi connectivity index (χ3v) is 2.95. The SMILES string of the molecule is COc1ccc(C(=O)C(C)N)c(Br)c1OC. The summed E-state index contributed by atoms with van der Waals surface area (Å²) in [7, 11) is 3.06. The molecule has 1 unspecified atom stereocenters. The highest BCUT2D eigenvalue weighted by Crippen LogP contribution is 2.37. The summed E-state index contributed by atoms with van der Waals surface area (Å²) < 4.78 is 10.9. The fraction of sp³-hybridized carbons (Fsp3) is 0.364. The van der Waals surface area contributed by atoms with Crippen molar-refractivity contribution >= 4 is 21.7 Å². The van der Waals surface area contributed by atoms with Gasteiger partial charge in [0.05, 0.1) is 24.7 Å². The molecular weight excluding hydrogens is 274 g/mol. The Bertz CT molecular complexity index is 404. The summed E-state index contributed by atoms with van der Waals surface area (Å²) in [4.78, 5) is 11.8. The van der Waals surface area contributed by atoms with Crippen molar-refractivity contribution in [2.75, 3.05) is 14.2 Å². The van der Waals surface area contributed by atoms with Crippen LogP contribution in [0.2, 0.25) is 0 Å². The predicted molar refractivity (Wildman–Crippen MR) is 65.2 cm³/mol. The summed E-state index contributed by atoms with van der Waals surface area (Å²) in [5.74, 6) is 0.914. The van der Waals surface area contributed by atoms with Gasteiger partial charge in [0.15, 0.2) is 17.3 Å². The van der Waals surface area contributed by atoms with Crippen molar-refractivity contribution in [3.63, 3.8) is 0 Å². The number of ketones is 1. The Morgan fingerprint density at radius 1 is 1.38 bits per heavy atom. The van der Waals surface area contributed by atoms with Gasteiger partial charge in [-0.3, -0.25) is 4.79 Å². The predicted octanol–water partition coefficient (Wildman–Crippen LogP) is 2.00. The molecule has 0 bridgehead atoms. The summed E-state index contributed by atoms with van der Waals surface area (Å²) in [6.07, 6.45) is 0. The number of methoxy groups -OCH3 is 2. The summed E-state index contributed by atoms with van der Waals surface area (Å²) in [5, 5.41) is 0. The quantitative estimate of drug-likeness (QED) is 0.861. The Hall–Kier alpha value is -1.07. The molecule has 0 aromatic heterocycles. The van der Waals surface area contributed by atoms with E-state index < -0.39 is 6.04 Å². The second kappa shape index (κ2) is 5.32. The van der Waals surface area contributed by atoms with Crippen LogP contribution in [0.5, 0.6) is 11.5 Å². The Balaban J connectivity index is 3.29. The normalized spacial score (nSPS) is 12.1. The molecule has 1 rings (SSSR count). The molecule has 0 amide bonds. The first-order valence-electron chi connectivity index (χ1n) is 4.73. The molecule has 16 heavy (non-hydrogen) atoms. The van der Waals surface area contributed by atoms with Crippen LogP contribution in [0, 0.1) is 0 Å². The van der Waals surface area contributed by atoms with Gasteiger partial charge < -0.3 is 15.2 Å². The minimum absolute atomic E-state index is 0.146. The van der Waals surface area contributed by atoms with Crippen LogP contribution in [-0.2, 0) is 0 Å². The van der Waals surface area contributed by atoms with Crippen LogP contribution in [0.1, 0.15) is 17.3 Å². The average Bonchev–Trinajstić information content (AvgIpc) is 2.27. The van der Waals surface area contributed by atoms with Gasteiger partial charge in [-0.1, -0.05) is 0 Å². The molecule has 0 saturated carbocycles.